The maximum Gasteiger partial charge on any atom is 0.352 e. The van der Waals surface area contributed by atoms with E-state index in [0.29, 0.717) is 11.4 Å². The van der Waals surface area contributed by atoms with Gasteiger partial charge in [0, 0.05) is 18.2 Å². The summed E-state index contributed by atoms with van der Waals surface area (Å²) >= 11 is 0. The predicted molar refractivity (Wildman–Crippen MR) is 125 cm³/mol. The molecular weight excluding hydrogens is 408 g/mol. The van der Waals surface area contributed by atoms with Crippen LogP contribution in [0.4, 0.5) is 10.5 Å². The Balaban J connectivity index is 1.88. The van der Waals surface area contributed by atoms with E-state index >= 15 is 0 Å². The van der Waals surface area contributed by atoms with Crippen LogP contribution in [0.3, 0.4) is 0 Å². The molecule has 3 aromatic carbocycles. The molecule has 4 N–H and O–H groups in total. The lowest BCUT2D eigenvalue weighted by molar-refractivity contribution is 0.216. The van der Waals surface area contributed by atoms with Crippen LogP contribution in [-0.2, 0) is 6.61 Å². The second-order valence-electron chi connectivity index (χ2n) is 7.22. The van der Waals surface area contributed by atoms with Gasteiger partial charge in [-0.15, -0.1) is 0 Å². The first-order valence-corrected chi connectivity index (χ1v) is 9.96. The molecule has 3 aromatic rings. The number of nitrogens with zero attached hydrogens (tertiary/aromatic N) is 2. The second-order valence-corrected chi connectivity index (χ2v) is 7.22. The van der Waals surface area contributed by atoms with Gasteiger partial charge in [-0.2, -0.15) is 0 Å². The summed E-state index contributed by atoms with van der Waals surface area (Å²) in [4.78, 5) is 12.2. The zero-order valence-corrected chi connectivity index (χ0v) is 18.7. The smallest absolute Gasteiger partial charge is 0.352 e. The average Bonchev–Trinajstić information content (AvgIpc) is 2.82. The minimum atomic E-state index is -0.539. The number of carbonyl (C=O) groups is 1. The second kappa shape index (κ2) is 10.0. The zero-order valence-electron chi connectivity index (χ0n) is 18.7. The van der Waals surface area contributed by atoms with Crippen LogP contribution in [0.15, 0.2) is 60.7 Å². The Labute approximate surface area is 187 Å². The van der Waals surface area contributed by atoms with Crippen LogP contribution in [0.1, 0.15) is 11.1 Å². The molecule has 168 valence electrons. The normalized spacial score (nSPS) is 10.4. The van der Waals surface area contributed by atoms with Crippen molar-refractivity contribution in [1.29, 1.82) is 0 Å². The van der Waals surface area contributed by atoms with E-state index in [1.165, 1.54) is 7.05 Å². The van der Waals surface area contributed by atoms with Crippen molar-refractivity contribution in [3.63, 3.8) is 0 Å². The van der Waals surface area contributed by atoms with E-state index < -0.39 is 6.03 Å². The van der Waals surface area contributed by atoms with Gasteiger partial charge in [0.2, 0.25) is 0 Å². The largest absolute Gasteiger partial charge is 0.497 e. The minimum absolute atomic E-state index is 0.214. The van der Waals surface area contributed by atoms with Gasteiger partial charge in [0.05, 0.1) is 19.9 Å². The monoisotopic (exact) mass is 436 g/mol. The molecule has 0 unspecified atom stereocenters. The molecule has 2 amide bonds. The van der Waals surface area contributed by atoms with Crippen LogP contribution in [0.5, 0.6) is 17.2 Å². The first kappa shape index (κ1) is 22.9. The standard InChI is InChI=1S/C24H28N4O4/c1-16-6-5-7-22(28(26)24(29)27(2)25)21(16)15-32-19-12-13-23(31-4)20(14-19)17-8-10-18(30-3)11-9-17/h5-14H,15,25-26H2,1-4H3. The van der Waals surface area contributed by atoms with E-state index in [2.05, 4.69) is 0 Å². The summed E-state index contributed by atoms with van der Waals surface area (Å²) in [6.45, 7) is 2.15. The third kappa shape index (κ3) is 4.93. The van der Waals surface area contributed by atoms with Crippen LogP contribution < -0.4 is 30.9 Å². The van der Waals surface area contributed by atoms with E-state index in [9.17, 15) is 4.79 Å². The van der Waals surface area contributed by atoms with Crippen molar-refractivity contribution in [3.8, 4) is 28.4 Å². The third-order valence-corrected chi connectivity index (χ3v) is 5.11. The predicted octanol–water partition coefficient (Wildman–Crippen LogP) is 3.86. The van der Waals surface area contributed by atoms with Gasteiger partial charge < -0.3 is 14.2 Å². The number of urea groups is 1. The van der Waals surface area contributed by atoms with Crippen molar-refractivity contribution < 1.29 is 19.0 Å². The fourth-order valence-corrected chi connectivity index (χ4v) is 3.30. The molecule has 3 rings (SSSR count). The van der Waals surface area contributed by atoms with Gasteiger partial charge in [0.25, 0.3) is 0 Å². The molecule has 0 spiro atoms. The first-order chi connectivity index (χ1) is 15.3. The molecule has 32 heavy (non-hydrogen) atoms. The molecule has 0 aromatic heterocycles. The maximum absolute atomic E-state index is 12.2. The summed E-state index contributed by atoms with van der Waals surface area (Å²) in [6.07, 6.45) is 0. The number of benzene rings is 3. The molecule has 8 nitrogen and oxygen atoms in total. The number of hydrogen-bond acceptors (Lipinski definition) is 6. The number of amides is 2. The summed E-state index contributed by atoms with van der Waals surface area (Å²) in [7, 11) is 4.70. The molecule has 0 heterocycles. The van der Waals surface area contributed by atoms with Crippen LogP contribution >= 0.6 is 0 Å². The highest BCUT2D eigenvalue weighted by molar-refractivity contribution is 5.91. The summed E-state index contributed by atoms with van der Waals surface area (Å²) in [5, 5.41) is 1.94. The van der Waals surface area contributed by atoms with Crippen molar-refractivity contribution in [2.45, 2.75) is 13.5 Å². The Kier molecular flexibility index (Phi) is 7.19. The number of methoxy groups -OCH3 is 2. The van der Waals surface area contributed by atoms with Crippen molar-refractivity contribution >= 4 is 11.7 Å². The van der Waals surface area contributed by atoms with Crippen molar-refractivity contribution in [2.75, 3.05) is 26.3 Å². The Morgan fingerprint density at radius 2 is 1.62 bits per heavy atom. The van der Waals surface area contributed by atoms with E-state index in [0.717, 1.165) is 43.8 Å². The SMILES string of the molecule is COc1ccc(-c2cc(OCc3c(C)cccc3N(N)C(=O)N(C)N)ccc2OC)cc1. The Bertz CT molecular complexity index is 1080. The van der Waals surface area contributed by atoms with Crippen molar-refractivity contribution in [3.05, 3.63) is 71.8 Å². The van der Waals surface area contributed by atoms with Gasteiger partial charge in [0.15, 0.2) is 0 Å². The number of hydrazine groups is 2. The van der Waals surface area contributed by atoms with Gasteiger partial charge >= 0.3 is 6.03 Å². The summed E-state index contributed by atoms with van der Waals surface area (Å²) in [5.41, 5.74) is 4.10. The quantitative estimate of drug-likeness (QED) is 0.331. The fourth-order valence-electron chi connectivity index (χ4n) is 3.30. The van der Waals surface area contributed by atoms with Crippen LogP contribution in [0.2, 0.25) is 0 Å². The Morgan fingerprint density at radius 3 is 2.25 bits per heavy atom. The highest BCUT2D eigenvalue weighted by Gasteiger charge is 2.19. The lowest BCUT2D eigenvalue weighted by Gasteiger charge is -2.24. The van der Waals surface area contributed by atoms with Crippen LogP contribution in [0, 0.1) is 6.92 Å². The topological polar surface area (TPSA) is 103 Å². The molecule has 0 aliphatic heterocycles. The van der Waals surface area contributed by atoms with E-state index in [1.54, 1.807) is 20.3 Å². The molecule has 8 heteroatoms. The lowest BCUT2D eigenvalue weighted by atomic mass is 10.0. The minimum Gasteiger partial charge on any atom is -0.497 e. The lowest BCUT2D eigenvalue weighted by Crippen LogP contribution is -2.49. The fraction of sp³-hybridized carbons (Fsp3) is 0.208. The maximum atomic E-state index is 12.2. The number of aryl methyl sites for hydroxylation is 1. The molecule has 0 radical (unpaired) electrons. The van der Waals surface area contributed by atoms with Crippen molar-refractivity contribution in [2.24, 2.45) is 11.7 Å². The summed E-state index contributed by atoms with van der Waals surface area (Å²) in [5.74, 6) is 13.7. The highest BCUT2D eigenvalue weighted by atomic mass is 16.5. The number of hydrogen-bond donors (Lipinski definition) is 2. The van der Waals surface area contributed by atoms with Gasteiger partial charge in [-0.25, -0.2) is 21.5 Å². The third-order valence-electron chi connectivity index (χ3n) is 5.11. The van der Waals surface area contributed by atoms with E-state index in [-0.39, 0.29) is 6.61 Å². The molecule has 0 bridgehead atoms. The molecule has 0 saturated heterocycles. The molecule has 0 fully saturated rings. The Morgan fingerprint density at radius 1 is 0.938 bits per heavy atom. The van der Waals surface area contributed by atoms with E-state index in [1.807, 2.05) is 61.5 Å². The van der Waals surface area contributed by atoms with E-state index in [4.69, 9.17) is 25.9 Å². The van der Waals surface area contributed by atoms with Gasteiger partial charge in [0.1, 0.15) is 23.9 Å². The number of carbonyl (C=O) groups excluding carboxylic acids is 1. The van der Waals surface area contributed by atoms with Gasteiger partial charge in [-0.1, -0.05) is 24.3 Å². The summed E-state index contributed by atoms with van der Waals surface area (Å²) < 4.78 is 16.9. The number of ether oxygens (including phenoxy) is 3. The number of nitrogens with two attached hydrogens (primary N) is 2. The molecule has 0 aliphatic carbocycles. The first-order valence-electron chi connectivity index (χ1n) is 9.96. The highest BCUT2D eigenvalue weighted by Crippen LogP contribution is 2.35. The number of anilines is 1. The van der Waals surface area contributed by atoms with Gasteiger partial charge in [-0.3, -0.25) is 5.01 Å². The number of rotatable bonds is 7. The Hall–Kier alpha value is -3.75. The molecular formula is C24H28N4O4. The zero-order chi connectivity index (χ0) is 23.3. The van der Waals surface area contributed by atoms with Crippen LogP contribution in [0.25, 0.3) is 11.1 Å². The molecule has 0 atom stereocenters. The van der Waals surface area contributed by atoms with Crippen molar-refractivity contribution in [1.82, 2.24) is 5.01 Å². The molecule has 0 aliphatic rings. The van der Waals surface area contributed by atoms with Gasteiger partial charge in [-0.05, 0) is 54.4 Å². The van der Waals surface area contributed by atoms with Crippen LogP contribution in [-0.4, -0.2) is 32.3 Å². The average molecular weight is 437 g/mol. The molecule has 0 saturated carbocycles. The summed E-state index contributed by atoms with van der Waals surface area (Å²) in [6, 6.07) is 18.3.